The third kappa shape index (κ3) is 3.72. The van der Waals surface area contributed by atoms with Gasteiger partial charge < -0.3 is 19.5 Å². The van der Waals surface area contributed by atoms with E-state index in [4.69, 9.17) is 17.0 Å². The third-order valence-electron chi connectivity index (χ3n) is 6.31. The lowest BCUT2D eigenvalue weighted by Crippen LogP contribution is -2.29. The predicted molar refractivity (Wildman–Crippen MR) is 136 cm³/mol. The van der Waals surface area contributed by atoms with Gasteiger partial charge in [-0.05, 0) is 74.1 Å². The molecule has 2 aromatic heterocycles. The summed E-state index contributed by atoms with van der Waals surface area (Å²) in [6.07, 6.45) is 1.79. The van der Waals surface area contributed by atoms with Crippen LogP contribution in [0.15, 0.2) is 79.0 Å². The zero-order chi connectivity index (χ0) is 23.8. The number of nitrogens with one attached hydrogen (secondary N) is 1. The van der Waals surface area contributed by atoms with Crippen LogP contribution < -0.4 is 15.0 Å². The molecule has 0 saturated carbocycles. The second-order valence-electron chi connectivity index (χ2n) is 8.31. The minimum Gasteiger partial charge on any atom is -0.497 e. The Morgan fingerprint density at radius 2 is 1.79 bits per heavy atom. The summed E-state index contributed by atoms with van der Waals surface area (Å²) in [5.41, 5.74) is 5.27. The number of rotatable bonds is 5. The van der Waals surface area contributed by atoms with Crippen molar-refractivity contribution in [3.05, 3.63) is 107 Å². The normalized spacial score (nSPS) is 17.6. The van der Waals surface area contributed by atoms with E-state index in [0.29, 0.717) is 10.8 Å². The van der Waals surface area contributed by atoms with Crippen LogP contribution in [0.2, 0.25) is 0 Å². The van der Waals surface area contributed by atoms with Gasteiger partial charge in [0.15, 0.2) is 5.11 Å². The Morgan fingerprint density at radius 3 is 2.53 bits per heavy atom. The first kappa shape index (κ1) is 22.1. The minimum atomic E-state index is -0.262. The second-order valence-corrected chi connectivity index (χ2v) is 8.70. The van der Waals surface area contributed by atoms with Crippen molar-refractivity contribution in [3.63, 3.8) is 0 Å². The van der Waals surface area contributed by atoms with E-state index in [1.165, 1.54) is 6.07 Å². The first-order valence-electron chi connectivity index (χ1n) is 11.1. The first-order valence-corrected chi connectivity index (χ1v) is 11.5. The minimum absolute atomic E-state index is 0.186. The van der Waals surface area contributed by atoms with Gasteiger partial charge in [-0.2, -0.15) is 0 Å². The van der Waals surface area contributed by atoms with Crippen molar-refractivity contribution in [2.75, 3.05) is 12.0 Å². The lowest BCUT2D eigenvalue weighted by molar-refractivity contribution is 0.415. The van der Waals surface area contributed by atoms with E-state index in [2.05, 4.69) is 21.3 Å². The number of aryl methyl sites for hydroxylation is 1. The standard InChI is InChI=1S/C27H25FN4OS/c1-17-15-21(18(2)31(17)24-13-5-4-11-22(24)28)26-25(23-12-6-7-14-29-23)30-27(34)32(26)19-9-8-10-20(16-19)33-3/h4-16,25-26H,1-3H3,(H,30,34). The van der Waals surface area contributed by atoms with Gasteiger partial charge in [0.1, 0.15) is 11.6 Å². The Kier molecular flexibility index (Phi) is 5.79. The Morgan fingerprint density at radius 1 is 1.00 bits per heavy atom. The average molecular weight is 473 g/mol. The number of pyridine rings is 1. The maximum Gasteiger partial charge on any atom is 0.174 e. The summed E-state index contributed by atoms with van der Waals surface area (Å²) < 4.78 is 22.2. The van der Waals surface area contributed by atoms with Gasteiger partial charge in [-0.15, -0.1) is 0 Å². The quantitative estimate of drug-likeness (QED) is 0.371. The van der Waals surface area contributed by atoms with Crippen LogP contribution in [0.4, 0.5) is 10.1 Å². The maximum absolute atomic E-state index is 14.8. The summed E-state index contributed by atoms with van der Waals surface area (Å²) in [6.45, 7) is 4.02. The van der Waals surface area contributed by atoms with Crippen LogP contribution in [0, 0.1) is 19.7 Å². The molecule has 1 aliphatic heterocycles. The monoisotopic (exact) mass is 472 g/mol. The predicted octanol–water partition coefficient (Wildman–Crippen LogP) is 5.81. The summed E-state index contributed by atoms with van der Waals surface area (Å²) >= 11 is 5.83. The Bertz CT molecular complexity index is 1350. The number of nitrogens with zero attached hydrogens (tertiary/aromatic N) is 3. The van der Waals surface area contributed by atoms with Gasteiger partial charge in [0.25, 0.3) is 0 Å². The van der Waals surface area contributed by atoms with Crippen molar-refractivity contribution < 1.29 is 9.13 Å². The molecule has 1 N–H and O–H groups in total. The number of hydrogen-bond donors (Lipinski definition) is 1. The van der Waals surface area contributed by atoms with Crippen molar-refractivity contribution in [1.82, 2.24) is 14.9 Å². The van der Waals surface area contributed by atoms with Crippen molar-refractivity contribution >= 4 is 23.0 Å². The molecule has 0 radical (unpaired) electrons. The molecule has 0 aliphatic carbocycles. The van der Waals surface area contributed by atoms with Gasteiger partial charge in [-0.25, -0.2) is 4.39 Å². The van der Waals surface area contributed by atoms with Crippen molar-refractivity contribution in [3.8, 4) is 11.4 Å². The van der Waals surface area contributed by atoms with Crippen LogP contribution in [0.3, 0.4) is 0 Å². The Labute approximate surface area is 203 Å². The van der Waals surface area contributed by atoms with E-state index in [1.54, 1.807) is 25.4 Å². The smallest absolute Gasteiger partial charge is 0.174 e. The highest BCUT2D eigenvalue weighted by atomic mass is 32.1. The molecule has 2 unspecified atom stereocenters. The maximum atomic E-state index is 14.8. The molecule has 0 spiro atoms. The largest absolute Gasteiger partial charge is 0.497 e. The fraction of sp³-hybridized carbons (Fsp3) is 0.185. The summed E-state index contributed by atoms with van der Waals surface area (Å²) in [4.78, 5) is 6.73. The molecule has 1 fully saturated rings. The van der Waals surface area contributed by atoms with E-state index in [1.807, 2.05) is 66.9 Å². The van der Waals surface area contributed by atoms with Crippen molar-refractivity contribution in [2.24, 2.45) is 0 Å². The van der Waals surface area contributed by atoms with Crippen LogP contribution >= 0.6 is 12.2 Å². The Hall–Kier alpha value is -3.71. The summed E-state index contributed by atoms with van der Waals surface area (Å²) in [7, 11) is 1.65. The first-order chi connectivity index (χ1) is 16.5. The SMILES string of the molecule is COc1cccc(N2C(=S)NC(c3ccccn3)C2c2cc(C)n(-c3ccccc3F)c2C)c1. The van der Waals surface area contributed by atoms with E-state index < -0.39 is 0 Å². The van der Waals surface area contributed by atoms with E-state index in [0.717, 1.165) is 34.1 Å². The highest BCUT2D eigenvalue weighted by Gasteiger charge is 2.42. The van der Waals surface area contributed by atoms with Crippen molar-refractivity contribution in [1.29, 1.82) is 0 Å². The molecule has 34 heavy (non-hydrogen) atoms. The van der Waals surface area contributed by atoms with Gasteiger partial charge in [-0.3, -0.25) is 4.98 Å². The second kappa shape index (κ2) is 8.91. The molecule has 172 valence electrons. The number of hydrogen-bond acceptors (Lipinski definition) is 3. The molecule has 2 aromatic carbocycles. The molecular formula is C27H25FN4OS. The average Bonchev–Trinajstić information content (AvgIpc) is 3.35. The highest BCUT2D eigenvalue weighted by Crippen LogP contribution is 2.44. The number of anilines is 1. The highest BCUT2D eigenvalue weighted by molar-refractivity contribution is 7.80. The van der Waals surface area contributed by atoms with Crippen LogP contribution in [0.5, 0.6) is 5.75 Å². The molecule has 0 bridgehead atoms. The number of benzene rings is 2. The van der Waals surface area contributed by atoms with Crippen LogP contribution in [-0.2, 0) is 0 Å². The lowest BCUT2D eigenvalue weighted by Gasteiger charge is -2.28. The van der Waals surface area contributed by atoms with Gasteiger partial charge in [0.05, 0.1) is 30.6 Å². The van der Waals surface area contributed by atoms with E-state index in [9.17, 15) is 4.39 Å². The molecule has 7 heteroatoms. The zero-order valence-electron chi connectivity index (χ0n) is 19.2. The summed E-state index contributed by atoms with van der Waals surface area (Å²) in [5.74, 6) is 0.485. The van der Waals surface area contributed by atoms with Crippen molar-refractivity contribution in [2.45, 2.75) is 25.9 Å². The molecule has 5 rings (SSSR count). The number of para-hydroxylation sites is 1. The Balaban J connectivity index is 1.70. The molecular weight excluding hydrogens is 447 g/mol. The zero-order valence-corrected chi connectivity index (χ0v) is 20.0. The summed E-state index contributed by atoms with van der Waals surface area (Å²) in [5, 5.41) is 4.08. The van der Waals surface area contributed by atoms with Crippen LogP contribution in [0.25, 0.3) is 5.69 Å². The lowest BCUT2D eigenvalue weighted by atomic mass is 9.96. The fourth-order valence-corrected chi connectivity index (χ4v) is 5.15. The number of ether oxygens (including phenoxy) is 1. The van der Waals surface area contributed by atoms with Gasteiger partial charge in [-0.1, -0.05) is 24.3 Å². The molecule has 1 saturated heterocycles. The molecule has 3 heterocycles. The summed E-state index contributed by atoms with van der Waals surface area (Å²) in [6, 6.07) is 22.3. The number of thiocarbonyl (C=S) groups is 1. The van der Waals surface area contributed by atoms with Gasteiger partial charge in [0, 0.05) is 29.3 Å². The van der Waals surface area contributed by atoms with E-state index >= 15 is 0 Å². The molecule has 1 aliphatic rings. The van der Waals surface area contributed by atoms with Crippen LogP contribution in [-0.4, -0.2) is 21.8 Å². The molecule has 4 aromatic rings. The van der Waals surface area contributed by atoms with Gasteiger partial charge in [0.2, 0.25) is 0 Å². The van der Waals surface area contributed by atoms with Crippen LogP contribution in [0.1, 0.15) is 34.7 Å². The topological polar surface area (TPSA) is 42.3 Å². The molecule has 5 nitrogen and oxygen atoms in total. The number of halogens is 1. The molecule has 2 atom stereocenters. The fourth-order valence-electron chi connectivity index (χ4n) is 4.80. The number of aromatic nitrogens is 2. The van der Waals surface area contributed by atoms with Gasteiger partial charge >= 0.3 is 0 Å². The third-order valence-corrected chi connectivity index (χ3v) is 6.63. The molecule has 0 amide bonds. The number of methoxy groups -OCH3 is 1. The van der Waals surface area contributed by atoms with E-state index in [-0.39, 0.29) is 17.9 Å².